The molecule has 4 N–H and O–H groups in total. The fourth-order valence-corrected chi connectivity index (χ4v) is 4.22. The molecule has 1 heterocycles. The highest BCUT2D eigenvalue weighted by molar-refractivity contribution is 5.69. The summed E-state index contributed by atoms with van der Waals surface area (Å²) < 4.78 is 0. The Labute approximate surface area is 208 Å². The molecule has 0 spiro atoms. The van der Waals surface area contributed by atoms with Crippen LogP contribution >= 0.6 is 0 Å². The summed E-state index contributed by atoms with van der Waals surface area (Å²) in [6, 6.07) is 0. The number of rotatable bonds is 14. The predicted octanol–water partition coefficient (Wildman–Crippen LogP) is -1.06. The van der Waals surface area contributed by atoms with E-state index in [1.165, 1.54) is 0 Å². The smallest absolute Gasteiger partial charge is 0.317 e. The Balaban J connectivity index is 2.92. The van der Waals surface area contributed by atoms with Gasteiger partial charge >= 0.3 is 17.9 Å². The molecule has 1 aliphatic rings. The molecule has 0 amide bonds. The monoisotopic (exact) mass is 503 g/mol. The van der Waals surface area contributed by atoms with Crippen LogP contribution in [0, 0.1) is 0 Å². The topological polar surface area (TPSA) is 148 Å². The molecule has 35 heavy (non-hydrogen) atoms. The zero-order chi connectivity index (χ0) is 26.2. The number of hydrogen-bond donors (Lipinski definition) is 4. The summed E-state index contributed by atoms with van der Waals surface area (Å²) in [5.74, 6) is -2.88. The number of hydrogen-bond acceptors (Lipinski definition) is 9. The van der Waals surface area contributed by atoms with Gasteiger partial charge in [-0.2, -0.15) is 0 Å². The van der Waals surface area contributed by atoms with Crippen molar-refractivity contribution in [3.63, 3.8) is 0 Å². The van der Waals surface area contributed by atoms with Crippen molar-refractivity contribution in [2.75, 3.05) is 98.2 Å². The van der Waals surface area contributed by atoms with Crippen LogP contribution in [0.15, 0.2) is 0 Å². The number of nitrogens with zero attached hydrogens (tertiary/aromatic N) is 5. The van der Waals surface area contributed by atoms with E-state index in [9.17, 15) is 34.8 Å². The summed E-state index contributed by atoms with van der Waals surface area (Å²) in [5.41, 5.74) is 0. The molecule has 0 aliphatic carbocycles. The van der Waals surface area contributed by atoms with Gasteiger partial charge in [0.15, 0.2) is 0 Å². The zero-order valence-electron chi connectivity index (χ0n) is 21.3. The molecular formula is C23H45N5O7. The van der Waals surface area contributed by atoms with Crippen LogP contribution in [-0.4, -0.2) is 167 Å². The third kappa shape index (κ3) is 15.0. The summed E-state index contributed by atoms with van der Waals surface area (Å²) in [6.45, 7) is 9.90. The van der Waals surface area contributed by atoms with Crippen molar-refractivity contribution >= 4 is 17.9 Å². The van der Waals surface area contributed by atoms with E-state index in [2.05, 4.69) is 23.6 Å². The third-order valence-electron chi connectivity index (χ3n) is 6.22. The first-order valence-corrected chi connectivity index (χ1v) is 12.6. The molecule has 1 rings (SSSR count). The highest BCUT2D eigenvalue weighted by Crippen LogP contribution is 2.04. The molecule has 204 valence electrons. The second kappa shape index (κ2) is 17.6. The fraction of sp³-hybridized carbons (Fsp3) is 0.870. The Hall–Kier alpha value is -1.83. The first-order chi connectivity index (χ1) is 16.6. The lowest BCUT2D eigenvalue weighted by molar-refractivity contribution is -0.140. The Morgan fingerprint density at radius 2 is 1.09 bits per heavy atom. The molecular weight excluding hydrogens is 458 g/mol. The number of β-amino-alcohol motifs (C(OH)–C–C–N with tert-alkyl or cyclic N) is 1. The largest absolute Gasteiger partial charge is 0.480 e. The van der Waals surface area contributed by atoms with E-state index in [0.29, 0.717) is 65.4 Å². The number of unbranched alkanes of at least 4 members (excludes halogenated alkanes) is 1. The molecule has 12 nitrogen and oxygen atoms in total. The molecule has 1 atom stereocenters. The number of carboxylic acid groups (broad SMARTS) is 3. The van der Waals surface area contributed by atoms with Gasteiger partial charge in [0, 0.05) is 65.4 Å². The van der Waals surface area contributed by atoms with Gasteiger partial charge in [0.1, 0.15) is 0 Å². The Kier molecular flexibility index (Phi) is 15.7. The van der Waals surface area contributed by atoms with Gasteiger partial charge in [-0.25, -0.2) is 0 Å². The van der Waals surface area contributed by atoms with Crippen molar-refractivity contribution in [1.82, 2.24) is 24.5 Å². The molecule has 0 bridgehead atoms. The predicted molar refractivity (Wildman–Crippen MR) is 132 cm³/mol. The Morgan fingerprint density at radius 3 is 1.40 bits per heavy atom. The maximum absolute atomic E-state index is 11.4. The van der Waals surface area contributed by atoms with Gasteiger partial charge in [0.05, 0.1) is 25.7 Å². The number of aliphatic carboxylic acids is 3. The average Bonchev–Trinajstić information content (AvgIpc) is 2.77. The summed E-state index contributed by atoms with van der Waals surface area (Å²) in [7, 11) is 0. The van der Waals surface area contributed by atoms with Gasteiger partial charge in [-0.15, -0.1) is 0 Å². The minimum Gasteiger partial charge on any atom is -0.480 e. The molecule has 1 unspecified atom stereocenters. The second-order valence-electron chi connectivity index (χ2n) is 9.21. The summed E-state index contributed by atoms with van der Waals surface area (Å²) in [4.78, 5) is 43.6. The lowest BCUT2D eigenvalue weighted by atomic mass is 10.2. The van der Waals surface area contributed by atoms with E-state index in [-0.39, 0.29) is 19.6 Å². The van der Waals surface area contributed by atoms with E-state index in [4.69, 9.17) is 0 Å². The van der Waals surface area contributed by atoms with Gasteiger partial charge < -0.3 is 25.3 Å². The highest BCUT2D eigenvalue weighted by atomic mass is 16.4. The molecule has 1 fully saturated rings. The zero-order valence-corrected chi connectivity index (χ0v) is 21.3. The standard InChI is InChI=1S/C23H45N5O7/c1-3-5-6-24(4-2)15-20(29)16-25-7-9-26(17-21(30)31)11-13-28(19-23(34)35)14-12-27(10-8-25)18-22(32)33/h20,29H,3-19H2,1-2H3,(H,30,31)(H,32,33)(H,34,35). The number of carbonyl (C=O) groups is 3. The number of carboxylic acids is 3. The maximum Gasteiger partial charge on any atom is 0.317 e. The molecule has 1 saturated heterocycles. The van der Waals surface area contributed by atoms with Crippen molar-refractivity contribution in [2.24, 2.45) is 0 Å². The van der Waals surface area contributed by atoms with Crippen molar-refractivity contribution in [3.05, 3.63) is 0 Å². The van der Waals surface area contributed by atoms with E-state index < -0.39 is 24.0 Å². The van der Waals surface area contributed by atoms with Crippen LogP contribution in [0.4, 0.5) is 0 Å². The van der Waals surface area contributed by atoms with Crippen molar-refractivity contribution in [1.29, 1.82) is 0 Å². The molecule has 0 aromatic rings. The Bertz CT molecular complexity index is 607. The quantitative estimate of drug-likeness (QED) is 0.229. The maximum atomic E-state index is 11.4. The van der Waals surface area contributed by atoms with Gasteiger partial charge in [-0.1, -0.05) is 20.3 Å². The van der Waals surface area contributed by atoms with E-state index in [1.54, 1.807) is 14.7 Å². The molecule has 12 heteroatoms. The number of likely N-dealkylation sites (N-methyl/N-ethyl adjacent to an activating group) is 1. The van der Waals surface area contributed by atoms with E-state index >= 15 is 0 Å². The van der Waals surface area contributed by atoms with Crippen LogP contribution in [-0.2, 0) is 14.4 Å². The van der Waals surface area contributed by atoms with Crippen molar-refractivity contribution in [3.8, 4) is 0 Å². The van der Waals surface area contributed by atoms with Crippen LogP contribution < -0.4 is 0 Å². The minimum absolute atomic E-state index is 0.150. The third-order valence-corrected chi connectivity index (χ3v) is 6.22. The van der Waals surface area contributed by atoms with Gasteiger partial charge in [-0.05, 0) is 19.5 Å². The summed E-state index contributed by atoms with van der Waals surface area (Å²) in [5, 5.41) is 38.6. The lowest BCUT2D eigenvalue weighted by Crippen LogP contribution is -2.50. The SMILES string of the molecule is CCCCN(CC)CC(O)CN1CCN(CC(=O)O)CCN(CC(=O)O)CCN(CC(=O)O)CC1. The molecule has 0 radical (unpaired) electrons. The lowest BCUT2D eigenvalue weighted by Gasteiger charge is -2.34. The summed E-state index contributed by atoms with van der Waals surface area (Å²) >= 11 is 0. The Morgan fingerprint density at radius 1 is 0.714 bits per heavy atom. The minimum atomic E-state index is -0.980. The normalized spacial score (nSPS) is 19.2. The van der Waals surface area contributed by atoms with E-state index in [0.717, 1.165) is 25.9 Å². The first kappa shape index (κ1) is 31.2. The van der Waals surface area contributed by atoms with Gasteiger partial charge in [-0.3, -0.25) is 34.0 Å². The van der Waals surface area contributed by atoms with Crippen LogP contribution in [0.3, 0.4) is 0 Å². The molecule has 0 aromatic heterocycles. The first-order valence-electron chi connectivity index (χ1n) is 12.6. The second-order valence-corrected chi connectivity index (χ2v) is 9.21. The van der Waals surface area contributed by atoms with Crippen LogP contribution in [0.5, 0.6) is 0 Å². The fourth-order valence-electron chi connectivity index (χ4n) is 4.22. The molecule has 1 aliphatic heterocycles. The van der Waals surface area contributed by atoms with Gasteiger partial charge in [0.2, 0.25) is 0 Å². The number of aliphatic hydroxyl groups excluding tert-OH is 1. The highest BCUT2D eigenvalue weighted by Gasteiger charge is 2.21. The van der Waals surface area contributed by atoms with Crippen LogP contribution in [0.2, 0.25) is 0 Å². The molecule has 0 saturated carbocycles. The van der Waals surface area contributed by atoms with Crippen molar-refractivity contribution in [2.45, 2.75) is 32.8 Å². The van der Waals surface area contributed by atoms with E-state index in [1.807, 2.05) is 0 Å². The summed E-state index contributed by atoms with van der Waals surface area (Å²) in [6.07, 6.45) is 1.57. The number of aliphatic hydroxyl groups is 1. The molecule has 0 aromatic carbocycles. The van der Waals surface area contributed by atoms with Crippen molar-refractivity contribution < 1.29 is 34.8 Å². The van der Waals surface area contributed by atoms with Crippen LogP contribution in [0.25, 0.3) is 0 Å². The van der Waals surface area contributed by atoms with Crippen LogP contribution in [0.1, 0.15) is 26.7 Å². The average molecular weight is 504 g/mol. The van der Waals surface area contributed by atoms with Gasteiger partial charge in [0.25, 0.3) is 0 Å².